The fourth-order valence-electron chi connectivity index (χ4n) is 9.10. The molecule has 6 aromatic rings. The predicted octanol–water partition coefficient (Wildman–Crippen LogP) is 7.52. The fraction of sp³-hybridized carbons (Fsp3) is 0.333. The zero-order valence-corrected chi connectivity index (χ0v) is 32.8. The monoisotopic (exact) mass is 861 g/mol. The maximum atomic E-state index is 15.7. The van der Waals surface area contributed by atoms with Gasteiger partial charge < -0.3 is 20.4 Å². The first-order chi connectivity index (χ1) is 29.2. The summed E-state index contributed by atoms with van der Waals surface area (Å²) in [5, 5.41) is 9.74. The molecule has 2 amide bonds. The number of aromatic nitrogens is 5. The highest BCUT2D eigenvalue weighted by Crippen LogP contribution is 2.64. The van der Waals surface area contributed by atoms with Gasteiger partial charge in [-0.05, 0) is 78.3 Å². The third-order valence-corrected chi connectivity index (χ3v) is 13.1. The van der Waals surface area contributed by atoms with Gasteiger partial charge in [0.2, 0.25) is 5.91 Å². The summed E-state index contributed by atoms with van der Waals surface area (Å²) in [4.78, 5) is 45.2. The van der Waals surface area contributed by atoms with Crippen LogP contribution in [-0.4, -0.2) is 62.7 Å². The summed E-state index contributed by atoms with van der Waals surface area (Å²) in [6.45, 7) is 2.00. The van der Waals surface area contributed by atoms with Gasteiger partial charge in [-0.3, -0.25) is 19.3 Å². The average Bonchev–Trinajstić information content (AvgIpc) is 3.94. The maximum Gasteiger partial charge on any atom is 0.435 e. The first kappa shape index (κ1) is 39.1. The Labute approximate surface area is 346 Å². The van der Waals surface area contributed by atoms with Crippen molar-refractivity contribution in [1.29, 1.82) is 0 Å². The van der Waals surface area contributed by atoms with Crippen molar-refractivity contribution in [2.24, 2.45) is 5.92 Å². The molecular formula is C42H34F7N9O2S. The van der Waals surface area contributed by atoms with Crippen LogP contribution in [0.5, 0.6) is 0 Å². The molecule has 2 aromatic carbocycles. The third kappa shape index (κ3) is 6.91. The second-order valence-electron chi connectivity index (χ2n) is 15.8. The van der Waals surface area contributed by atoms with Crippen LogP contribution >= 0.6 is 11.3 Å². The van der Waals surface area contributed by atoms with Gasteiger partial charge in [-0.2, -0.15) is 32.0 Å². The molecule has 11 nitrogen and oxygen atoms in total. The summed E-state index contributed by atoms with van der Waals surface area (Å²) < 4.78 is 104. The van der Waals surface area contributed by atoms with Crippen molar-refractivity contribution in [3.05, 3.63) is 118 Å². The largest absolute Gasteiger partial charge is 0.435 e. The van der Waals surface area contributed by atoms with E-state index in [1.165, 1.54) is 11.3 Å². The summed E-state index contributed by atoms with van der Waals surface area (Å²) in [6.07, 6.45) is -1.68. The van der Waals surface area contributed by atoms with E-state index in [-0.39, 0.29) is 42.1 Å². The molecule has 2 N–H and O–H groups in total. The average molecular weight is 862 g/mol. The molecule has 314 valence electrons. The van der Waals surface area contributed by atoms with Gasteiger partial charge in [-0.25, -0.2) is 13.8 Å². The van der Waals surface area contributed by atoms with Gasteiger partial charge in [0.1, 0.15) is 23.9 Å². The van der Waals surface area contributed by atoms with Crippen LogP contribution in [-0.2, 0) is 36.4 Å². The lowest BCUT2D eigenvalue weighted by molar-refractivity contribution is -0.144. The van der Waals surface area contributed by atoms with Gasteiger partial charge in [-0.15, -0.1) is 0 Å². The topological polar surface area (TPSA) is 121 Å². The van der Waals surface area contributed by atoms with E-state index < -0.39 is 71.0 Å². The van der Waals surface area contributed by atoms with Crippen molar-refractivity contribution in [3.63, 3.8) is 0 Å². The molecule has 6 heterocycles. The fourth-order valence-corrected chi connectivity index (χ4v) is 10.1. The van der Waals surface area contributed by atoms with Crippen molar-refractivity contribution in [3.8, 4) is 11.1 Å². The minimum atomic E-state index is -5.04. The van der Waals surface area contributed by atoms with E-state index in [0.717, 1.165) is 23.4 Å². The number of benzene rings is 2. The van der Waals surface area contributed by atoms with E-state index in [4.69, 9.17) is 9.97 Å². The minimum Gasteiger partial charge on any atom is -0.368 e. The van der Waals surface area contributed by atoms with Crippen LogP contribution in [0, 0.1) is 17.6 Å². The Morgan fingerprint density at radius 1 is 0.934 bits per heavy atom. The number of amides is 2. The van der Waals surface area contributed by atoms with E-state index in [1.807, 2.05) is 12.1 Å². The van der Waals surface area contributed by atoms with Gasteiger partial charge >= 0.3 is 6.18 Å². The van der Waals surface area contributed by atoms with Gasteiger partial charge in [0, 0.05) is 79.5 Å². The van der Waals surface area contributed by atoms with Crippen molar-refractivity contribution in [2.75, 3.05) is 36.0 Å². The number of anilines is 2. The lowest BCUT2D eigenvalue weighted by Gasteiger charge is -2.35. The molecular weight excluding hydrogens is 828 g/mol. The molecule has 0 spiro atoms. The number of halogens is 7. The van der Waals surface area contributed by atoms with Gasteiger partial charge in [0.05, 0.1) is 16.4 Å². The normalized spacial score (nSPS) is 19.6. The number of nitrogens with zero attached hydrogens (tertiary/aromatic N) is 7. The molecule has 4 aromatic heterocycles. The number of thiazole rings is 1. The van der Waals surface area contributed by atoms with Crippen LogP contribution in [0.2, 0.25) is 0 Å². The highest BCUT2D eigenvalue weighted by atomic mass is 32.1. The van der Waals surface area contributed by atoms with E-state index in [0.29, 0.717) is 70.0 Å². The Morgan fingerprint density at radius 3 is 2.38 bits per heavy atom. The third-order valence-electron chi connectivity index (χ3n) is 12.1. The number of rotatable bonds is 9. The number of piperazine rings is 1. The number of carbonyl (C=O) groups excluding carboxylic acids is 2. The summed E-state index contributed by atoms with van der Waals surface area (Å²) in [7, 11) is 0. The SMILES string of the molecule is O=C(Cn1nc(C(F)(F)F)c2c1C(F)(F)[C@@H]1CC[C@H]21)N[C@H](Cc1cc(F)cc(F)c1)c1nc2nc(N3CCN(c4ccncc4)CC3)sc2cc1-c1ccc2c(c1)C(=O)NC2. The van der Waals surface area contributed by atoms with Crippen LogP contribution in [0.4, 0.5) is 41.6 Å². The number of hydrogen-bond acceptors (Lipinski definition) is 9. The Morgan fingerprint density at radius 2 is 1.67 bits per heavy atom. The molecule has 2 fully saturated rings. The molecule has 10 rings (SSSR count). The van der Waals surface area contributed by atoms with Crippen LogP contribution in [0.1, 0.15) is 68.9 Å². The molecule has 0 bridgehead atoms. The first-order valence-corrected chi connectivity index (χ1v) is 20.5. The molecule has 1 saturated heterocycles. The van der Waals surface area contributed by atoms with Crippen LogP contribution < -0.4 is 20.4 Å². The lowest BCUT2D eigenvalue weighted by atomic mass is 9.73. The van der Waals surface area contributed by atoms with Crippen molar-refractivity contribution in [1.82, 2.24) is 35.4 Å². The Balaban J connectivity index is 1.05. The number of pyridine rings is 2. The van der Waals surface area contributed by atoms with Crippen molar-refractivity contribution < 1.29 is 40.3 Å². The predicted molar refractivity (Wildman–Crippen MR) is 210 cm³/mol. The van der Waals surface area contributed by atoms with Gasteiger partial charge in [0.15, 0.2) is 16.5 Å². The zero-order valence-electron chi connectivity index (χ0n) is 31.9. The molecule has 19 heteroatoms. The molecule has 1 saturated carbocycles. The molecule has 0 unspecified atom stereocenters. The molecule has 2 aliphatic carbocycles. The van der Waals surface area contributed by atoms with Crippen LogP contribution in [0.25, 0.3) is 21.5 Å². The minimum absolute atomic E-state index is 0.0313. The number of hydrogen-bond donors (Lipinski definition) is 2. The van der Waals surface area contributed by atoms with E-state index in [1.54, 1.807) is 36.7 Å². The lowest BCUT2D eigenvalue weighted by Crippen LogP contribution is -2.46. The molecule has 61 heavy (non-hydrogen) atoms. The van der Waals surface area contributed by atoms with Crippen molar-refractivity contribution >= 4 is 44.3 Å². The molecule has 0 radical (unpaired) electrons. The molecule has 3 atom stereocenters. The summed E-state index contributed by atoms with van der Waals surface area (Å²) in [6, 6.07) is 12.5. The summed E-state index contributed by atoms with van der Waals surface area (Å²) in [5.74, 6) is -9.10. The van der Waals surface area contributed by atoms with E-state index >= 15 is 8.78 Å². The highest BCUT2D eigenvalue weighted by molar-refractivity contribution is 7.22. The number of nitrogens with one attached hydrogen (secondary N) is 2. The van der Waals surface area contributed by atoms with Gasteiger partial charge in [-0.1, -0.05) is 23.5 Å². The van der Waals surface area contributed by atoms with Crippen LogP contribution in [0.3, 0.4) is 0 Å². The summed E-state index contributed by atoms with van der Waals surface area (Å²) in [5.41, 5.74) is 0.741. The standard InChI is InChI=1S/C42H34F7N9O2S/c43-24-13-21(14-25(44)17-24)15-31(52-33(59)20-58-37-34(36(55-58)42(47,48)49)27-3-4-30(27)41(37,45)46)35-28(22-1-2-23-19-51-39(60)29(23)16-22)18-32-38(53-35)54-40(61-32)57-11-9-56(10-12-57)26-5-7-50-8-6-26/h1-2,5-8,13-14,16-18,27,30-31H,3-4,9-12,15,19-20H2,(H,51,60)(H,52,59)/t27-,30+,31+/m0/s1. The quantitative estimate of drug-likeness (QED) is 0.143. The second kappa shape index (κ2) is 14.5. The number of carbonyl (C=O) groups is 2. The van der Waals surface area contributed by atoms with E-state index in [2.05, 4.69) is 30.5 Å². The Hall–Kier alpha value is -6.11. The Bertz CT molecular complexity index is 2710. The first-order valence-electron chi connectivity index (χ1n) is 19.6. The maximum absolute atomic E-state index is 15.7. The van der Waals surface area contributed by atoms with E-state index in [9.17, 15) is 31.5 Å². The molecule has 2 aliphatic heterocycles. The number of fused-ring (bicyclic) bond motifs is 5. The van der Waals surface area contributed by atoms with Crippen molar-refractivity contribution in [2.45, 2.75) is 56.4 Å². The summed E-state index contributed by atoms with van der Waals surface area (Å²) >= 11 is 1.38. The van der Waals surface area contributed by atoms with Gasteiger partial charge in [0.25, 0.3) is 11.8 Å². The second-order valence-corrected chi connectivity index (χ2v) is 16.8. The Kier molecular flexibility index (Phi) is 9.30. The highest BCUT2D eigenvalue weighted by Gasteiger charge is 2.63. The van der Waals surface area contributed by atoms with Crippen LogP contribution in [0.15, 0.2) is 67.0 Å². The zero-order chi connectivity index (χ0) is 42.4. The molecule has 4 aliphatic rings. The number of alkyl halides is 5. The smallest absolute Gasteiger partial charge is 0.368 e.